The van der Waals surface area contributed by atoms with Crippen LogP contribution in [-0.4, -0.2) is 106 Å². The van der Waals surface area contributed by atoms with E-state index >= 15 is 0 Å². The highest BCUT2D eigenvalue weighted by Crippen LogP contribution is 2.24. The average molecular weight is 834 g/mol. The Morgan fingerprint density at radius 3 is 0.500 bits per heavy atom. The van der Waals surface area contributed by atoms with Crippen molar-refractivity contribution in [2.45, 2.75) is 230 Å². The molecule has 0 saturated carbocycles. The molecule has 0 heterocycles. The first kappa shape index (κ1) is 57.6. The Morgan fingerprint density at radius 1 is 0.207 bits per heavy atom. The molecule has 0 atom stereocenters. The maximum Gasteiger partial charge on any atom is 0.282 e. The molecule has 0 unspecified atom stereocenters. The van der Waals surface area contributed by atoms with Crippen LogP contribution in [0.2, 0.25) is 0 Å². The van der Waals surface area contributed by atoms with E-state index < -0.39 is 17.9 Å². The molecule has 0 spiro atoms. The van der Waals surface area contributed by atoms with Gasteiger partial charge < -0.3 is 47.5 Å². The van der Waals surface area contributed by atoms with E-state index in [1.165, 1.54) is 193 Å². The molecule has 0 amide bonds. The third-order valence-corrected chi connectivity index (χ3v) is 12.4. The van der Waals surface area contributed by atoms with Gasteiger partial charge in [0.25, 0.3) is 17.9 Å². The van der Waals surface area contributed by atoms with Gasteiger partial charge in [-0.25, -0.2) is 0 Å². The smallest absolute Gasteiger partial charge is 0.282 e. The highest BCUT2D eigenvalue weighted by Gasteiger charge is 2.30. The molecule has 0 bridgehead atoms. The van der Waals surface area contributed by atoms with Crippen molar-refractivity contribution in [3.05, 3.63) is 0 Å². The average Bonchev–Trinajstić information content (AvgIpc) is 3.26. The summed E-state index contributed by atoms with van der Waals surface area (Å²) in [5.41, 5.74) is 0. The quantitative estimate of drug-likeness (QED) is 0.0436. The van der Waals surface area contributed by atoms with E-state index in [4.69, 9.17) is 42.6 Å². The monoisotopic (exact) mass is 834 g/mol. The molecule has 10 nitrogen and oxygen atoms in total. The third kappa shape index (κ3) is 29.8. The number of methoxy groups -OCH3 is 9. The fourth-order valence-electron chi connectivity index (χ4n) is 8.28. The molecule has 0 aromatic heterocycles. The van der Waals surface area contributed by atoms with Gasteiger partial charge in [0.05, 0.1) is 0 Å². The summed E-state index contributed by atoms with van der Waals surface area (Å²) in [6, 6.07) is 0. The second-order valence-corrected chi connectivity index (χ2v) is 16.6. The van der Waals surface area contributed by atoms with E-state index in [2.05, 4.69) is 4.90 Å². The van der Waals surface area contributed by atoms with Gasteiger partial charge in [0.2, 0.25) is 0 Å². The highest BCUT2D eigenvalue weighted by molar-refractivity contribution is 4.62. The van der Waals surface area contributed by atoms with Crippen molar-refractivity contribution in [3.63, 3.8) is 0 Å². The van der Waals surface area contributed by atoms with E-state index in [-0.39, 0.29) is 0 Å². The number of unbranched alkanes of at least 4 members (excludes halogenated alkanes) is 27. The normalized spacial score (nSPS) is 12.7. The maximum absolute atomic E-state index is 5.41. The van der Waals surface area contributed by atoms with Crippen molar-refractivity contribution >= 4 is 0 Å². The number of rotatable bonds is 48. The molecule has 0 saturated heterocycles. The second kappa shape index (κ2) is 40.7. The molecule has 0 aromatic rings. The van der Waals surface area contributed by atoms with Gasteiger partial charge in [-0.3, -0.25) is 0 Å². The van der Waals surface area contributed by atoms with Crippen LogP contribution in [0.25, 0.3) is 0 Å². The summed E-state index contributed by atoms with van der Waals surface area (Å²) in [6.45, 7) is 3.85. The van der Waals surface area contributed by atoms with Crippen molar-refractivity contribution in [1.29, 1.82) is 0 Å². The minimum Gasteiger partial charge on any atom is -0.331 e. The summed E-state index contributed by atoms with van der Waals surface area (Å²) >= 11 is 0. The molecule has 350 valence electrons. The van der Waals surface area contributed by atoms with Gasteiger partial charge in [-0.2, -0.15) is 0 Å². The standard InChI is InChI=1S/C48H99NO9/c1-50-46(51-2,52-3)40-34-28-22-16-10-13-19-25-31-37-43-49(44-38-32-26-20-14-11-17-23-29-35-41-47(53-4,54-5)55-6)45-39-33-27-21-15-12-18-24-30-36-42-48(56-7,57-8)58-9/h10-45H2,1-9H3. The van der Waals surface area contributed by atoms with E-state index in [0.29, 0.717) is 0 Å². The molecule has 0 N–H and O–H groups in total. The minimum atomic E-state index is -0.872. The summed E-state index contributed by atoms with van der Waals surface area (Å²) in [7, 11) is 14.8. The van der Waals surface area contributed by atoms with Crippen LogP contribution < -0.4 is 0 Å². The number of nitrogens with zero attached hydrogens (tertiary/aromatic N) is 1. The zero-order valence-corrected chi connectivity index (χ0v) is 40.1. The summed E-state index contributed by atoms with van der Waals surface area (Å²) in [4.78, 5) is 2.81. The Hall–Kier alpha value is -0.400. The van der Waals surface area contributed by atoms with E-state index in [1.807, 2.05) is 0 Å². The largest absolute Gasteiger partial charge is 0.331 e. The lowest BCUT2D eigenvalue weighted by Crippen LogP contribution is -2.35. The molecule has 0 aromatic carbocycles. The maximum atomic E-state index is 5.41. The van der Waals surface area contributed by atoms with Crippen LogP contribution in [0.3, 0.4) is 0 Å². The fourth-order valence-corrected chi connectivity index (χ4v) is 8.28. The number of hydrogen-bond acceptors (Lipinski definition) is 10. The van der Waals surface area contributed by atoms with Crippen LogP contribution in [0, 0.1) is 0 Å². The Balaban J connectivity index is 4.23. The molecule has 58 heavy (non-hydrogen) atoms. The topological polar surface area (TPSA) is 86.3 Å². The number of ether oxygens (including phenoxy) is 9. The van der Waals surface area contributed by atoms with Crippen molar-refractivity contribution in [2.75, 3.05) is 83.6 Å². The van der Waals surface area contributed by atoms with Gasteiger partial charge in [-0.15, -0.1) is 0 Å². The van der Waals surface area contributed by atoms with Crippen molar-refractivity contribution in [2.24, 2.45) is 0 Å². The second-order valence-electron chi connectivity index (χ2n) is 16.6. The van der Waals surface area contributed by atoms with Gasteiger partial charge in [-0.1, -0.05) is 154 Å². The molecule has 0 aliphatic carbocycles. The van der Waals surface area contributed by atoms with E-state index in [9.17, 15) is 0 Å². The first-order chi connectivity index (χ1) is 28.3. The Bertz CT molecular complexity index is 694. The zero-order chi connectivity index (χ0) is 42.9. The predicted molar refractivity (Wildman–Crippen MR) is 240 cm³/mol. The zero-order valence-electron chi connectivity index (χ0n) is 40.1. The lowest BCUT2D eigenvalue weighted by atomic mass is 10.0. The van der Waals surface area contributed by atoms with E-state index in [0.717, 1.165) is 38.5 Å². The van der Waals surface area contributed by atoms with Gasteiger partial charge in [-0.05, 0) is 58.2 Å². The van der Waals surface area contributed by atoms with E-state index in [1.54, 1.807) is 64.0 Å². The van der Waals surface area contributed by atoms with Crippen LogP contribution in [0.1, 0.15) is 212 Å². The molecule has 0 radical (unpaired) electrons. The molecule has 0 fully saturated rings. The molecule has 0 aliphatic rings. The third-order valence-electron chi connectivity index (χ3n) is 12.4. The molecule has 0 aliphatic heterocycles. The highest BCUT2D eigenvalue weighted by atomic mass is 16.9. The Kier molecular flexibility index (Phi) is 40.4. The van der Waals surface area contributed by atoms with Crippen molar-refractivity contribution < 1.29 is 42.6 Å². The predicted octanol–water partition coefficient (Wildman–Crippen LogP) is 12.9. The summed E-state index contributed by atoms with van der Waals surface area (Å²) in [5.74, 6) is -2.62. The van der Waals surface area contributed by atoms with Gasteiger partial charge in [0.15, 0.2) is 0 Å². The van der Waals surface area contributed by atoms with Crippen LogP contribution in [0.5, 0.6) is 0 Å². The summed E-state index contributed by atoms with van der Waals surface area (Å²) in [6.07, 6.45) is 41.7. The minimum absolute atomic E-state index is 0.780. The van der Waals surface area contributed by atoms with Gasteiger partial charge in [0, 0.05) is 83.3 Å². The Labute approximate surface area is 360 Å². The van der Waals surface area contributed by atoms with Crippen LogP contribution in [0.4, 0.5) is 0 Å². The SMILES string of the molecule is COC(CCCCCCCCCCCCN(CCCCCCCCCCCCC(OC)(OC)OC)CCCCCCCCCCCCC(OC)(OC)OC)(OC)OC. The lowest BCUT2D eigenvalue weighted by molar-refractivity contribution is -0.355. The first-order valence-corrected chi connectivity index (χ1v) is 24.0. The van der Waals surface area contributed by atoms with Gasteiger partial charge in [0.1, 0.15) is 0 Å². The summed E-state index contributed by atoms with van der Waals surface area (Å²) < 4.78 is 48.7. The first-order valence-electron chi connectivity index (χ1n) is 24.0. The van der Waals surface area contributed by atoms with Crippen LogP contribution in [-0.2, 0) is 42.6 Å². The van der Waals surface area contributed by atoms with Gasteiger partial charge >= 0.3 is 0 Å². The summed E-state index contributed by atoms with van der Waals surface area (Å²) in [5, 5.41) is 0. The van der Waals surface area contributed by atoms with Crippen LogP contribution in [0.15, 0.2) is 0 Å². The molecule has 0 rings (SSSR count). The number of hydrogen-bond donors (Lipinski definition) is 0. The lowest BCUT2D eigenvalue weighted by Gasteiger charge is -2.28. The molecular weight excluding hydrogens is 735 g/mol. The fraction of sp³-hybridized carbons (Fsp3) is 1.00. The molecule has 10 heteroatoms. The Morgan fingerprint density at radius 2 is 0.345 bits per heavy atom. The molecular formula is C48H99NO9. The van der Waals surface area contributed by atoms with Crippen molar-refractivity contribution in [1.82, 2.24) is 4.90 Å². The van der Waals surface area contributed by atoms with Crippen molar-refractivity contribution in [3.8, 4) is 0 Å². The van der Waals surface area contributed by atoms with Crippen LogP contribution >= 0.6 is 0 Å².